The zero-order valence-corrected chi connectivity index (χ0v) is 14.0. The number of aromatic nitrogens is 2. The fraction of sp³-hybridized carbons (Fsp3) is 0.222. The van der Waals surface area contributed by atoms with E-state index in [2.05, 4.69) is 6.07 Å². The first kappa shape index (κ1) is 15.5. The Hall–Kier alpha value is -2.40. The van der Waals surface area contributed by atoms with E-state index < -0.39 is 0 Å². The van der Waals surface area contributed by atoms with Gasteiger partial charge in [-0.05, 0) is 41.8 Å². The van der Waals surface area contributed by atoms with Crippen LogP contribution in [0, 0.1) is 13.8 Å². The highest BCUT2D eigenvalue weighted by molar-refractivity contribution is 7.07. The second-order valence-corrected chi connectivity index (χ2v) is 6.56. The summed E-state index contributed by atoms with van der Waals surface area (Å²) in [7, 11) is 0. The van der Waals surface area contributed by atoms with Crippen LogP contribution in [-0.4, -0.2) is 9.13 Å². The number of benzene rings is 1. The van der Waals surface area contributed by atoms with Crippen LogP contribution in [0.15, 0.2) is 56.9 Å². The van der Waals surface area contributed by atoms with E-state index in [1.54, 1.807) is 22.1 Å². The van der Waals surface area contributed by atoms with Gasteiger partial charge in [-0.1, -0.05) is 29.3 Å². The van der Waals surface area contributed by atoms with Crippen LogP contribution in [-0.2, 0) is 13.1 Å². The molecule has 5 heteroatoms. The van der Waals surface area contributed by atoms with Gasteiger partial charge in [0.25, 0.3) is 5.56 Å². The Morgan fingerprint density at radius 3 is 2.35 bits per heavy atom. The topological polar surface area (TPSA) is 44.0 Å². The van der Waals surface area contributed by atoms with Crippen LogP contribution in [0.4, 0.5) is 0 Å². The predicted octanol–water partition coefficient (Wildman–Crippen LogP) is 2.78. The molecule has 0 unspecified atom stereocenters. The molecular weight excluding hydrogens is 308 g/mol. The lowest BCUT2D eigenvalue weighted by Gasteiger charge is -2.10. The van der Waals surface area contributed by atoms with Crippen molar-refractivity contribution in [3.8, 4) is 0 Å². The first-order valence-electron chi connectivity index (χ1n) is 7.41. The molecule has 4 nitrogen and oxygen atoms in total. The number of thiophene rings is 1. The van der Waals surface area contributed by atoms with E-state index in [9.17, 15) is 9.59 Å². The van der Waals surface area contributed by atoms with Crippen molar-refractivity contribution in [3.05, 3.63) is 90.4 Å². The molecule has 0 fully saturated rings. The third-order valence-corrected chi connectivity index (χ3v) is 4.43. The van der Waals surface area contributed by atoms with Gasteiger partial charge in [0.05, 0.1) is 13.1 Å². The minimum atomic E-state index is -0.275. The molecular formula is C18H18N2O2S. The molecule has 118 valence electrons. The van der Waals surface area contributed by atoms with E-state index in [1.165, 1.54) is 10.6 Å². The van der Waals surface area contributed by atoms with Crippen molar-refractivity contribution < 1.29 is 0 Å². The van der Waals surface area contributed by atoms with Crippen LogP contribution in [0.1, 0.15) is 22.3 Å². The molecule has 0 aliphatic rings. The SMILES string of the molecule is Cc1cc(C)cc(Cn2c(=O)ccn(Cc3ccsc3)c2=O)c1. The summed E-state index contributed by atoms with van der Waals surface area (Å²) in [4.78, 5) is 24.7. The lowest BCUT2D eigenvalue weighted by Crippen LogP contribution is -2.39. The Morgan fingerprint density at radius 1 is 0.957 bits per heavy atom. The zero-order chi connectivity index (χ0) is 16.4. The maximum atomic E-state index is 12.6. The van der Waals surface area contributed by atoms with Gasteiger partial charge in [-0.3, -0.25) is 13.9 Å². The van der Waals surface area contributed by atoms with E-state index >= 15 is 0 Å². The van der Waals surface area contributed by atoms with Gasteiger partial charge in [0.1, 0.15) is 0 Å². The van der Waals surface area contributed by atoms with Gasteiger partial charge in [-0.15, -0.1) is 0 Å². The average molecular weight is 326 g/mol. The minimum Gasteiger partial charge on any atom is -0.296 e. The van der Waals surface area contributed by atoms with E-state index in [-0.39, 0.29) is 11.2 Å². The van der Waals surface area contributed by atoms with Crippen molar-refractivity contribution in [2.24, 2.45) is 0 Å². The smallest absolute Gasteiger partial charge is 0.296 e. The van der Waals surface area contributed by atoms with Gasteiger partial charge in [-0.25, -0.2) is 4.79 Å². The van der Waals surface area contributed by atoms with Crippen LogP contribution in [0.25, 0.3) is 0 Å². The Balaban J connectivity index is 1.98. The molecule has 0 N–H and O–H groups in total. The lowest BCUT2D eigenvalue weighted by atomic mass is 10.1. The average Bonchev–Trinajstić information content (AvgIpc) is 2.98. The van der Waals surface area contributed by atoms with Gasteiger partial charge in [-0.2, -0.15) is 11.3 Å². The van der Waals surface area contributed by atoms with E-state index in [0.717, 1.165) is 22.3 Å². The summed E-state index contributed by atoms with van der Waals surface area (Å²) >= 11 is 1.59. The normalized spacial score (nSPS) is 10.9. The number of rotatable bonds is 4. The molecule has 0 bridgehead atoms. The van der Waals surface area contributed by atoms with Gasteiger partial charge in [0.15, 0.2) is 0 Å². The summed E-state index contributed by atoms with van der Waals surface area (Å²) in [6.45, 7) is 4.80. The van der Waals surface area contributed by atoms with Gasteiger partial charge in [0.2, 0.25) is 0 Å². The summed E-state index contributed by atoms with van der Waals surface area (Å²) in [5.74, 6) is 0. The molecule has 0 spiro atoms. The summed E-state index contributed by atoms with van der Waals surface area (Å²) in [6.07, 6.45) is 1.57. The molecule has 23 heavy (non-hydrogen) atoms. The van der Waals surface area contributed by atoms with Crippen LogP contribution in [0.3, 0.4) is 0 Å². The zero-order valence-electron chi connectivity index (χ0n) is 13.2. The molecule has 0 radical (unpaired) electrons. The quantitative estimate of drug-likeness (QED) is 0.740. The van der Waals surface area contributed by atoms with Crippen LogP contribution in [0.5, 0.6) is 0 Å². The first-order valence-corrected chi connectivity index (χ1v) is 8.36. The van der Waals surface area contributed by atoms with Crippen LogP contribution in [0.2, 0.25) is 0 Å². The van der Waals surface area contributed by atoms with Gasteiger partial charge < -0.3 is 0 Å². The summed E-state index contributed by atoms with van der Waals surface area (Å²) in [6, 6.07) is 9.53. The van der Waals surface area contributed by atoms with Crippen molar-refractivity contribution in [2.75, 3.05) is 0 Å². The third-order valence-electron chi connectivity index (χ3n) is 3.69. The molecule has 0 saturated carbocycles. The van der Waals surface area contributed by atoms with Crippen molar-refractivity contribution in [1.82, 2.24) is 9.13 Å². The van der Waals surface area contributed by atoms with Crippen molar-refractivity contribution in [3.63, 3.8) is 0 Å². The molecule has 0 aliphatic heterocycles. The summed E-state index contributed by atoms with van der Waals surface area (Å²) in [5.41, 5.74) is 3.74. The van der Waals surface area contributed by atoms with Crippen molar-refractivity contribution in [2.45, 2.75) is 26.9 Å². The first-order chi connectivity index (χ1) is 11.0. The highest BCUT2D eigenvalue weighted by Gasteiger charge is 2.07. The van der Waals surface area contributed by atoms with Crippen LogP contribution >= 0.6 is 11.3 Å². The Labute approximate surface area is 138 Å². The Morgan fingerprint density at radius 2 is 1.70 bits per heavy atom. The standard InChI is InChI=1S/C18H18N2O2S/c1-13-7-14(2)9-16(8-13)11-20-17(21)3-5-19(18(20)22)10-15-4-6-23-12-15/h3-9,12H,10-11H2,1-2H3. The minimum absolute atomic E-state index is 0.268. The van der Waals surface area contributed by atoms with Gasteiger partial charge >= 0.3 is 5.69 Å². The summed E-state index contributed by atoms with van der Waals surface area (Å²) < 4.78 is 2.87. The van der Waals surface area contributed by atoms with Crippen LogP contribution < -0.4 is 11.2 Å². The molecule has 0 aliphatic carbocycles. The summed E-state index contributed by atoms with van der Waals surface area (Å²) in [5, 5.41) is 3.98. The number of nitrogens with zero attached hydrogens (tertiary/aromatic N) is 2. The van der Waals surface area contributed by atoms with Crippen molar-refractivity contribution in [1.29, 1.82) is 0 Å². The van der Waals surface area contributed by atoms with E-state index in [4.69, 9.17) is 0 Å². The van der Waals surface area contributed by atoms with E-state index in [0.29, 0.717) is 13.1 Å². The third kappa shape index (κ3) is 3.51. The second-order valence-electron chi connectivity index (χ2n) is 5.78. The highest BCUT2D eigenvalue weighted by atomic mass is 32.1. The molecule has 2 heterocycles. The number of hydrogen-bond donors (Lipinski definition) is 0. The molecule has 0 amide bonds. The number of aryl methyl sites for hydroxylation is 2. The molecule has 3 aromatic rings. The number of hydrogen-bond acceptors (Lipinski definition) is 3. The fourth-order valence-corrected chi connectivity index (χ4v) is 3.40. The maximum absolute atomic E-state index is 12.6. The monoisotopic (exact) mass is 326 g/mol. The maximum Gasteiger partial charge on any atom is 0.331 e. The molecule has 3 rings (SSSR count). The Bertz CT molecular complexity index is 916. The lowest BCUT2D eigenvalue weighted by molar-refractivity contribution is 0.612. The van der Waals surface area contributed by atoms with Crippen molar-refractivity contribution >= 4 is 11.3 Å². The Kier molecular flexibility index (Phi) is 4.30. The fourth-order valence-electron chi connectivity index (χ4n) is 2.74. The largest absolute Gasteiger partial charge is 0.331 e. The predicted molar refractivity (Wildman–Crippen MR) is 93.4 cm³/mol. The molecule has 1 aromatic carbocycles. The highest BCUT2D eigenvalue weighted by Crippen LogP contribution is 2.09. The van der Waals surface area contributed by atoms with Gasteiger partial charge in [0, 0.05) is 12.3 Å². The second kappa shape index (κ2) is 6.38. The van der Waals surface area contributed by atoms with E-state index in [1.807, 2.05) is 42.8 Å². The molecule has 2 aromatic heterocycles. The molecule has 0 atom stereocenters. The molecule has 0 saturated heterocycles.